The van der Waals surface area contributed by atoms with Crippen molar-refractivity contribution in [3.8, 4) is 0 Å². The number of aliphatic carboxylic acids is 1. The summed E-state index contributed by atoms with van der Waals surface area (Å²) >= 11 is 12.2. The van der Waals surface area contributed by atoms with Crippen molar-refractivity contribution < 1.29 is 19.4 Å². The second-order valence-corrected chi connectivity index (χ2v) is 6.43. The number of rotatable bonds is 3. The molecule has 3 unspecified atom stereocenters. The number of benzene rings is 1. The molecule has 0 aromatic heterocycles. The van der Waals surface area contributed by atoms with E-state index in [4.69, 9.17) is 33.0 Å². The number of carboxylic acid groups (broad SMARTS) is 1. The van der Waals surface area contributed by atoms with E-state index in [1.807, 2.05) is 6.07 Å². The van der Waals surface area contributed by atoms with Crippen molar-refractivity contribution in [2.24, 2.45) is 0 Å². The van der Waals surface area contributed by atoms with Crippen LogP contribution in [0.1, 0.15) is 24.8 Å². The van der Waals surface area contributed by atoms with Crippen molar-refractivity contribution in [1.29, 1.82) is 0 Å². The van der Waals surface area contributed by atoms with Crippen LogP contribution in [0.3, 0.4) is 0 Å². The van der Waals surface area contributed by atoms with Gasteiger partial charge in [-0.2, -0.15) is 0 Å². The summed E-state index contributed by atoms with van der Waals surface area (Å²) in [6.07, 6.45) is 0.563. The third-order valence-electron chi connectivity index (χ3n) is 4.11. The van der Waals surface area contributed by atoms with Crippen LogP contribution in [0.5, 0.6) is 0 Å². The maximum atomic E-state index is 12.5. The Bertz CT molecular complexity index is 634. The van der Waals surface area contributed by atoms with Crippen molar-refractivity contribution in [1.82, 2.24) is 0 Å². The second-order valence-electron chi connectivity index (χ2n) is 5.59. The monoisotopic (exact) mass is 343 g/mol. The van der Waals surface area contributed by atoms with Crippen LogP contribution >= 0.6 is 23.2 Å². The molecular formula is C15H15Cl2NO4. The lowest BCUT2D eigenvalue weighted by Crippen LogP contribution is -2.40. The van der Waals surface area contributed by atoms with Gasteiger partial charge >= 0.3 is 5.97 Å². The Balaban J connectivity index is 1.72. The number of ketones is 1. The van der Waals surface area contributed by atoms with Crippen molar-refractivity contribution in [2.45, 2.75) is 43.9 Å². The van der Waals surface area contributed by atoms with Gasteiger partial charge in [0.1, 0.15) is 6.10 Å². The third-order valence-corrected chi connectivity index (χ3v) is 4.63. The first-order valence-electron chi connectivity index (χ1n) is 7.12. The molecule has 0 amide bonds. The maximum Gasteiger partial charge on any atom is 0.332 e. The number of hydrogen-bond acceptors (Lipinski definition) is 4. The van der Waals surface area contributed by atoms with E-state index in [0.717, 1.165) is 11.3 Å². The van der Waals surface area contributed by atoms with E-state index in [1.54, 1.807) is 6.07 Å². The van der Waals surface area contributed by atoms with Crippen LogP contribution in [-0.4, -0.2) is 35.1 Å². The predicted octanol–water partition coefficient (Wildman–Crippen LogP) is 2.92. The Labute approximate surface area is 137 Å². The number of Topliss-reactive ketones (excluding diaryl/α,β-unsaturated/α-hetero) is 1. The normalized spacial score (nSPS) is 27.1. The molecule has 2 aliphatic heterocycles. The van der Waals surface area contributed by atoms with Gasteiger partial charge in [0, 0.05) is 5.02 Å². The summed E-state index contributed by atoms with van der Waals surface area (Å²) in [5.41, 5.74) is 1.71. The van der Waals surface area contributed by atoms with Crippen LogP contribution in [0.4, 0.5) is 5.69 Å². The van der Waals surface area contributed by atoms with Gasteiger partial charge in [-0.05, 0) is 43.4 Å². The Morgan fingerprint density at radius 3 is 2.59 bits per heavy atom. The molecule has 2 heterocycles. The molecule has 2 aliphatic rings. The van der Waals surface area contributed by atoms with Crippen LogP contribution in [0.15, 0.2) is 12.1 Å². The van der Waals surface area contributed by atoms with Crippen LogP contribution < -0.4 is 5.32 Å². The zero-order chi connectivity index (χ0) is 15.9. The molecule has 3 atom stereocenters. The van der Waals surface area contributed by atoms with Crippen LogP contribution in [0.2, 0.25) is 10.0 Å². The fraction of sp³-hybridized carbons (Fsp3) is 0.467. The molecule has 22 heavy (non-hydrogen) atoms. The summed E-state index contributed by atoms with van der Waals surface area (Å²) in [6.45, 7) is 0. The van der Waals surface area contributed by atoms with E-state index in [-0.39, 0.29) is 5.78 Å². The number of carbonyl (C=O) groups excluding carboxylic acids is 1. The molecule has 3 rings (SSSR count). The summed E-state index contributed by atoms with van der Waals surface area (Å²) in [5.74, 6) is -1.13. The first-order valence-corrected chi connectivity index (χ1v) is 7.87. The van der Waals surface area contributed by atoms with Crippen molar-refractivity contribution in [3.05, 3.63) is 27.7 Å². The minimum Gasteiger partial charge on any atom is -0.479 e. The van der Waals surface area contributed by atoms with Crippen LogP contribution in [-0.2, 0) is 20.7 Å². The molecule has 2 N–H and O–H groups in total. The molecule has 5 nitrogen and oxygen atoms in total. The largest absolute Gasteiger partial charge is 0.479 e. The summed E-state index contributed by atoms with van der Waals surface area (Å²) in [6, 6.07) is 3.06. The van der Waals surface area contributed by atoms with E-state index in [0.29, 0.717) is 35.7 Å². The molecule has 0 saturated carbocycles. The van der Waals surface area contributed by atoms with E-state index in [1.165, 1.54) is 0 Å². The van der Waals surface area contributed by atoms with Gasteiger partial charge in [-0.3, -0.25) is 4.79 Å². The number of carboxylic acids is 1. The molecule has 0 spiro atoms. The van der Waals surface area contributed by atoms with Crippen molar-refractivity contribution >= 4 is 40.6 Å². The van der Waals surface area contributed by atoms with Crippen molar-refractivity contribution in [3.63, 3.8) is 0 Å². The maximum absolute atomic E-state index is 12.5. The lowest BCUT2D eigenvalue weighted by Gasteiger charge is -2.28. The predicted molar refractivity (Wildman–Crippen MR) is 82.7 cm³/mol. The number of halogens is 2. The number of nitrogens with one attached hydrogen (secondary N) is 1. The standard InChI is InChI=1S/C15H15Cl2NO4/c16-8-5-7-1-2-10(18-13(7)9(17)6-8)14(19)11-3-4-12(22-11)15(20)21/h5-6,10-12,18H,1-4H2,(H,20,21). The van der Waals surface area contributed by atoms with Crippen molar-refractivity contribution in [2.75, 3.05) is 5.32 Å². The fourth-order valence-corrected chi connectivity index (χ4v) is 3.59. The van der Waals surface area contributed by atoms with Gasteiger partial charge in [0.2, 0.25) is 0 Å². The smallest absolute Gasteiger partial charge is 0.332 e. The molecular weight excluding hydrogens is 329 g/mol. The Hall–Kier alpha value is -1.30. The number of hydrogen-bond donors (Lipinski definition) is 2. The number of aryl methyl sites for hydroxylation is 1. The summed E-state index contributed by atoms with van der Waals surface area (Å²) < 4.78 is 5.33. The molecule has 1 aromatic rings. The van der Waals surface area contributed by atoms with Crippen LogP contribution in [0.25, 0.3) is 0 Å². The number of anilines is 1. The molecule has 0 radical (unpaired) electrons. The van der Waals surface area contributed by atoms with Crippen LogP contribution in [0, 0.1) is 0 Å². The molecule has 7 heteroatoms. The molecule has 1 aromatic carbocycles. The minimum atomic E-state index is -1.02. The number of ether oxygens (including phenoxy) is 1. The fourth-order valence-electron chi connectivity index (χ4n) is 3.00. The molecule has 1 fully saturated rings. The SMILES string of the molecule is O=C(O)C1CCC(C(=O)C2CCc3cc(Cl)cc(Cl)c3N2)O1. The average Bonchev–Trinajstić information content (AvgIpc) is 2.96. The topological polar surface area (TPSA) is 75.6 Å². The van der Waals surface area contributed by atoms with Gasteiger partial charge in [-0.1, -0.05) is 23.2 Å². The summed E-state index contributed by atoms with van der Waals surface area (Å²) in [7, 11) is 0. The highest BCUT2D eigenvalue weighted by Crippen LogP contribution is 2.36. The lowest BCUT2D eigenvalue weighted by molar-refractivity contribution is -0.151. The van der Waals surface area contributed by atoms with Gasteiger partial charge in [-0.15, -0.1) is 0 Å². The molecule has 0 bridgehead atoms. The zero-order valence-corrected chi connectivity index (χ0v) is 13.2. The number of fused-ring (bicyclic) bond motifs is 1. The van der Waals surface area contributed by atoms with E-state index >= 15 is 0 Å². The molecule has 0 aliphatic carbocycles. The Kier molecular flexibility index (Phi) is 4.30. The van der Waals surface area contributed by atoms with Gasteiger partial charge in [-0.25, -0.2) is 4.79 Å². The van der Waals surface area contributed by atoms with E-state index in [9.17, 15) is 9.59 Å². The average molecular weight is 344 g/mol. The molecule has 1 saturated heterocycles. The highest BCUT2D eigenvalue weighted by atomic mass is 35.5. The highest BCUT2D eigenvalue weighted by Gasteiger charge is 2.38. The molecule has 118 valence electrons. The highest BCUT2D eigenvalue weighted by molar-refractivity contribution is 6.36. The quantitative estimate of drug-likeness (QED) is 0.882. The minimum absolute atomic E-state index is 0.111. The summed E-state index contributed by atoms with van der Waals surface area (Å²) in [5, 5.41) is 13.1. The Morgan fingerprint density at radius 1 is 1.18 bits per heavy atom. The van der Waals surface area contributed by atoms with Gasteiger partial charge in [0.05, 0.1) is 16.8 Å². The lowest BCUT2D eigenvalue weighted by atomic mass is 9.93. The van der Waals surface area contributed by atoms with E-state index in [2.05, 4.69) is 5.32 Å². The van der Waals surface area contributed by atoms with Gasteiger partial charge < -0.3 is 15.2 Å². The first-order chi connectivity index (χ1) is 10.5. The summed E-state index contributed by atoms with van der Waals surface area (Å²) in [4.78, 5) is 23.4. The second kappa shape index (κ2) is 6.07. The third kappa shape index (κ3) is 2.93. The van der Waals surface area contributed by atoms with E-state index < -0.39 is 24.2 Å². The first kappa shape index (κ1) is 15.6. The zero-order valence-electron chi connectivity index (χ0n) is 11.6. The number of carbonyl (C=O) groups is 2. The Morgan fingerprint density at radius 2 is 1.91 bits per heavy atom. The van der Waals surface area contributed by atoms with Gasteiger partial charge in [0.25, 0.3) is 0 Å². The van der Waals surface area contributed by atoms with Gasteiger partial charge in [0.15, 0.2) is 11.9 Å².